The second kappa shape index (κ2) is 3.97. The first-order valence-corrected chi connectivity index (χ1v) is 5.76. The van der Waals surface area contributed by atoms with Gasteiger partial charge in [0.05, 0.1) is 4.47 Å². The SMILES string of the molecule is Clc1nccc(C2CCCC2)c1Br. The number of halogens is 2. The molecule has 0 spiro atoms. The standard InChI is InChI=1S/C10H11BrClN/c11-9-8(5-6-13-10(9)12)7-3-1-2-4-7/h5-7H,1-4H2. The van der Waals surface area contributed by atoms with Gasteiger partial charge in [-0.05, 0) is 46.3 Å². The van der Waals surface area contributed by atoms with Gasteiger partial charge in [0.15, 0.2) is 0 Å². The van der Waals surface area contributed by atoms with Crippen molar-refractivity contribution in [2.24, 2.45) is 0 Å². The lowest BCUT2D eigenvalue weighted by atomic mass is 9.99. The number of rotatable bonds is 1. The van der Waals surface area contributed by atoms with E-state index in [1.165, 1.54) is 31.2 Å². The predicted molar refractivity (Wildman–Crippen MR) is 58.2 cm³/mol. The van der Waals surface area contributed by atoms with Gasteiger partial charge in [0.1, 0.15) is 5.15 Å². The number of pyridine rings is 1. The molecule has 0 unspecified atom stereocenters. The minimum atomic E-state index is 0.587. The van der Waals surface area contributed by atoms with Crippen molar-refractivity contribution in [1.82, 2.24) is 4.98 Å². The Bertz CT molecular complexity index is 308. The second-order valence-electron chi connectivity index (χ2n) is 3.49. The van der Waals surface area contributed by atoms with E-state index in [2.05, 4.69) is 27.0 Å². The molecule has 1 nitrogen and oxygen atoms in total. The predicted octanol–water partition coefficient (Wildman–Crippen LogP) is 4.16. The Morgan fingerprint density at radius 1 is 1.38 bits per heavy atom. The monoisotopic (exact) mass is 259 g/mol. The lowest BCUT2D eigenvalue weighted by Gasteiger charge is -2.11. The van der Waals surface area contributed by atoms with Gasteiger partial charge in [0.25, 0.3) is 0 Å². The molecule has 70 valence electrons. The Labute approximate surface area is 91.6 Å². The molecule has 0 aliphatic heterocycles. The lowest BCUT2D eigenvalue weighted by molar-refractivity contribution is 0.718. The second-order valence-corrected chi connectivity index (χ2v) is 4.64. The molecule has 13 heavy (non-hydrogen) atoms. The maximum Gasteiger partial charge on any atom is 0.143 e. The molecule has 1 heterocycles. The third-order valence-electron chi connectivity index (χ3n) is 2.67. The minimum Gasteiger partial charge on any atom is -0.243 e. The fourth-order valence-corrected chi connectivity index (χ4v) is 2.71. The molecular formula is C10H11BrClN. The Morgan fingerprint density at radius 3 is 2.77 bits per heavy atom. The van der Waals surface area contributed by atoms with E-state index in [1.54, 1.807) is 6.20 Å². The molecule has 1 aliphatic rings. The van der Waals surface area contributed by atoms with Gasteiger partial charge in [0, 0.05) is 6.20 Å². The van der Waals surface area contributed by atoms with E-state index in [9.17, 15) is 0 Å². The third kappa shape index (κ3) is 1.89. The van der Waals surface area contributed by atoms with Crippen LogP contribution in [-0.4, -0.2) is 4.98 Å². The van der Waals surface area contributed by atoms with Gasteiger partial charge in [-0.3, -0.25) is 0 Å². The van der Waals surface area contributed by atoms with Crippen LogP contribution in [0.1, 0.15) is 37.2 Å². The van der Waals surface area contributed by atoms with Gasteiger partial charge in [-0.1, -0.05) is 24.4 Å². The maximum atomic E-state index is 5.93. The van der Waals surface area contributed by atoms with E-state index in [-0.39, 0.29) is 0 Å². The average Bonchev–Trinajstić information content (AvgIpc) is 2.62. The smallest absolute Gasteiger partial charge is 0.143 e. The largest absolute Gasteiger partial charge is 0.243 e. The van der Waals surface area contributed by atoms with Gasteiger partial charge < -0.3 is 0 Å². The fraction of sp³-hybridized carbons (Fsp3) is 0.500. The summed E-state index contributed by atoms with van der Waals surface area (Å²) in [5.41, 5.74) is 1.33. The molecule has 0 radical (unpaired) electrons. The highest BCUT2D eigenvalue weighted by molar-refractivity contribution is 9.10. The molecule has 1 aliphatic carbocycles. The first kappa shape index (κ1) is 9.47. The fourth-order valence-electron chi connectivity index (χ4n) is 1.98. The van der Waals surface area contributed by atoms with Crippen molar-refractivity contribution in [3.8, 4) is 0 Å². The Kier molecular flexibility index (Phi) is 2.89. The number of hydrogen-bond donors (Lipinski definition) is 0. The van der Waals surface area contributed by atoms with Crippen molar-refractivity contribution >= 4 is 27.5 Å². The van der Waals surface area contributed by atoms with E-state index < -0.39 is 0 Å². The molecular weight excluding hydrogens is 249 g/mol. The highest BCUT2D eigenvalue weighted by Gasteiger charge is 2.20. The lowest BCUT2D eigenvalue weighted by Crippen LogP contribution is -1.94. The summed E-state index contributed by atoms with van der Waals surface area (Å²) in [6.45, 7) is 0. The summed E-state index contributed by atoms with van der Waals surface area (Å²) in [6, 6.07) is 2.08. The molecule has 0 N–H and O–H groups in total. The molecule has 1 aromatic heterocycles. The normalized spacial score (nSPS) is 18.0. The van der Waals surface area contributed by atoms with Crippen LogP contribution in [0.15, 0.2) is 16.7 Å². The molecule has 0 atom stereocenters. The average molecular weight is 261 g/mol. The summed E-state index contributed by atoms with van der Waals surface area (Å²) in [7, 11) is 0. The first-order valence-electron chi connectivity index (χ1n) is 4.59. The van der Waals surface area contributed by atoms with Crippen molar-refractivity contribution in [2.75, 3.05) is 0 Å². The summed E-state index contributed by atoms with van der Waals surface area (Å²) in [5, 5.41) is 0.587. The number of aromatic nitrogens is 1. The summed E-state index contributed by atoms with van der Waals surface area (Å²) in [6.07, 6.45) is 7.06. The summed E-state index contributed by atoms with van der Waals surface area (Å²) in [4.78, 5) is 4.03. The highest BCUT2D eigenvalue weighted by atomic mass is 79.9. The zero-order chi connectivity index (χ0) is 9.26. The Hall–Kier alpha value is -0.0800. The van der Waals surface area contributed by atoms with Gasteiger partial charge in [-0.25, -0.2) is 4.98 Å². The van der Waals surface area contributed by atoms with Crippen LogP contribution in [0, 0.1) is 0 Å². The summed E-state index contributed by atoms with van der Waals surface area (Å²) in [5.74, 6) is 0.690. The van der Waals surface area contributed by atoms with Crippen LogP contribution in [0.2, 0.25) is 5.15 Å². The van der Waals surface area contributed by atoms with Crippen molar-refractivity contribution in [1.29, 1.82) is 0 Å². The molecule has 1 fully saturated rings. The topological polar surface area (TPSA) is 12.9 Å². The van der Waals surface area contributed by atoms with Crippen molar-refractivity contribution < 1.29 is 0 Å². The van der Waals surface area contributed by atoms with Crippen LogP contribution >= 0.6 is 27.5 Å². The molecule has 1 saturated carbocycles. The van der Waals surface area contributed by atoms with Crippen LogP contribution in [0.4, 0.5) is 0 Å². The van der Waals surface area contributed by atoms with E-state index in [1.807, 2.05) is 0 Å². The molecule has 0 bridgehead atoms. The summed E-state index contributed by atoms with van der Waals surface area (Å²) >= 11 is 9.43. The number of hydrogen-bond acceptors (Lipinski definition) is 1. The van der Waals surface area contributed by atoms with Crippen molar-refractivity contribution in [2.45, 2.75) is 31.6 Å². The molecule has 1 aromatic rings. The van der Waals surface area contributed by atoms with Gasteiger partial charge in [-0.15, -0.1) is 0 Å². The molecule has 0 amide bonds. The van der Waals surface area contributed by atoms with Gasteiger partial charge in [-0.2, -0.15) is 0 Å². The van der Waals surface area contributed by atoms with Crippen LogP contribution < -0.4 is 0 Å². The molecule has 2 rings (SSSR count). The first-order chi connectivity index (χ1) is 6.29. The van der Waals surface area contributed by atoms with E-state index >= 15 is 0 Å². The van der Waals surface area contributed by atoms with Gasteiger partial charge in [0.2, 0.25) is 0 Å². The van der Waals surface area contributed by atoms with Gasteiger partial charge >= 0.3 is 0 Å². The molecule has 0 aromatic carbocycles. The number of nitrogens with zero attached hydrogens (tertiary/aromatic N) is 1. The van der Waals surface area contributed by atoms with Crippen LogP contribution in [-0.2, 0) is 0 Å². The Morgan fingerprint density at radius 2 is 2.08 bits per heavy atom. The van der Waals surface area contributed by atoms with Crippen LogP contribution in [0.3, 0.4) is 0 Å². The summed E-state index contributed by atoms with van der Waals surface area (Å²) < 4.78 is 0.989. The minimum absolute atomic E-state index is 0.587. The van der Waals surface area contributed by atoms with Crippen LogP contribution in [0.25, 0.3) is 0 Å². The quantitative estimate of drug-likeness (QED) is 0.691. The van der Waals surface area contributed by atoms with Crippen molar-refractivity contribution in [3.05, 3.63) is 27.5 Å². The van der Waals surface area contributed by atoms with E-state index in [0.717, 1.165) is 4.47 Å². The van der Waals surface area contributed by atoms with Crippen LogP contribution in [0.5, 0.6) is 0 Å². The maximum absolute atomic E-state index is 5.93. The highest BCUT2D eigenvalue weighted by Crippen LogP contribution is 2.39. The van der Waals surface area contributed by atoms with E-state index in [4.69, 9.17) is 11.6 Å². The van der Waals surface area contributed by atoms with E-state index in [0.29, 0.717) is 11.1 Å². The zero-order valence-corrected chi connectivity index (χ0v) is 9.61. The Balaban J connectivity index is 2.33. The van der Waals surface area contributed by atoms with Crippen molar-refractivity contribution in [3.63, 3.8) is 0 Å². The zero-order valence-electron chi connectivity index (χ0n) is 7.26. The molecule has 3 heteroatoms. The third-order valence-corrected chi connectivity index (χ3v) is 4.02. The molecule has 0 saturated heterocycles.